The van der Waals surface area contributed by atoms with Crippen molar-refractivity contribution >= 4 is 35.7 Å². The minimum atomic E-state index is -0.639. The van der Waals surface area contributed by atoms with E-state index in [4.69, 9.17) is 9.53 Å². The van der Waals surface area contributed by atoms with Crippen LogP contribution in [0.2, 0.25) is 0 Å². The fourth-order valence-corrected chi connectivity index (χ4v) is 1.26. The Kier molecular flexibility index (Phi) is 20.5. The third kappa shape index (κ3) is 18.9. The van der Waals surface area contributed by atoms with E-state index in [-0.39, 0.29) is 43.6 Å². The average molecular weight is 307 g/mol. The molecule has 2 amide bonds. The minimum absolute atomic E-state index is 0. The number of nitrogens with two attached hydrogens (primary N) is 1. The molecule has 0 aromatic rings. The maximum atomic E-state index is 10.4. The van der Waals surface area contributed by atoms with Crippen molar-refractivity contribution in [1.29, 1.82) is 0 Å². The number of primary amides is 1. The van der Waals surface area contributed by atoms with Crippen LogP contribution in [0, 0.1) is 0 Å². The molecule has 0 unspecified atom stereocenters. The number of hydrogen-bond acceptors (Lipinski definition) is 4. The van der Waals surface area contributed by atoms with E-state index in [0.717, 1.165) is 32.8 Å². The van der Waals surface area contributed by atoms with E-state index in [1.54, 1.807) is 0 Å². The molecule has 0 radical (unpaired) electrons. The first kappa shape index (κ1) is 23.6. The van der Waals surface area contributed by atoms with Crippen LogP contribution < -0.4 is 40.6 Å². The number of morpholine rings is 1. The van der Waals surface area contributed by atoms with E-state index >= 15 is 0 Å². The molecule has 1 fully saturated rings. The summed E-state index contributed by atoms with van der Waals surface area (Å²) in [5, 5.41) is 1.74. The molecule has 0 atom stereocenters. The molecule has 1 saturated heterocycles. The zero-order chi connectivity index (χ0) is 12.4. The number of carbonyl (C=O) groups excluding carboxylic acids is 2. The topological polar surface area (TPSA) is 84.7 Å². The summed E-state index contributed by atoms with van der Waals surface area (Å²) in [6.07, 6.45) is 0. The van der Waals surface area contributed by atoms with Crippen LogP contribution in [-0.2, 0) is 4.74 Å². The maximum absolute atomic E-state index is 10.4. The molecule has 0 spiro atoms. The van der Waals surface area contributed by atoms with Crippen molar-refractivity contribution < 1.29 is 45.3 Å². The number of thiol groups is 2. The summed E-state index contributed by atoms with van der Waals surface area (Å²) in [4.78, 5) is 21.7. The zero-order valence-electron chi connectivity index (χ0n) is 10.9. The van der Waals surface area contributed by atoms with Gasteiger partial charge in [-0.1, -0.05) is 32.7 Å². The summed E-state index contributed by atoms with van der Waals surface area (Å²) >= 11 is 6.71. The largest absolute Gasteiger partial charge is 1.00 e. The van der Waals surface area contributed by atoms with Crippen LogP contribution in [0.25, 0.3) is 0 Å². The summed E-state index contributed by atoms with van der Waals surface area (Å²) < 4.78 is 5.18. The second-order valence-corrected chi connectivity index (χ2v) is 3.87. The summed E-state index contributed by atoms with van der Waals surface area (Å²) in [5.74, 6) is 0. The van der Waals surface area contributed by atoms with E-state index in [0.29, 0.717) is 6.54 Å². The molecule has 0 bridgehead atoms. The molecule has 18 heavy (non-hydrogen) atoms. The van der Waals surface area contributed by atoms with Crippen molar-refractivity contribution in [2.24, 2.45) is 5.73 Å². The monoisotopic (exact) mass is 307 g/mol. The molecule has 3 N–H and O–H groups in total. The zero-order valence-corrected chi connectivity index (χ0v) is 13.7. The molecule has 1 rings (SSSR count). The molecule has 0 saturated carbocycles. The Morgan fingerprint density at radius 1 is 1.33 bits per heavy atom. The molecule has 1 aliphatic heterocycles. The molecule has 104 valence electrons. The Morgan fingerprint density at radius 2 is 1.78 bits per heavy atom. The third-order valence-electron chi connectivity index (χ3n) is 1.81. The summed E-state index contributed by atoms with van der Waals surface area (Å²) in [6.45, 7) is 5.08. The number of rotatable bonds is 3. The molecule has 6 nitrogen and oxygen atoms in total. The van der Waals surface area contributed by atoms with Gasteiger partial charge in [0.15, 0.2) is 0 Å². The van der Waals surface area contributed by atoms with Crippen molar-refractivity contribution in [2.45, 2.75) is 7.43 Å². The van der Waals surface area contributed by atoms with Gasteiger partial charge in [0.1, 0.15) is 0 Å². The normalized spacial score (nSPS) is 14.1. The van der Waals surface area contributed by atoms with Crippen LogP contribution in [0.3, 0.4) is 0 Å². The van der Waals surface area contributed by atoms with Crippen LogP contribution in [0.1, 0.15) is 8.85 Å². The Morgan fingerprint density at radius 3 is 2.17 bits per heavy atom. The SMILES string of the molecule is C.NC(=O)S.O=C(S)NCCN1CCOCC1.[H-].[Na+]. The van der Waals surface area contributed by atoms with Gasteiger partial charge in [0, 0.05) is 26.2 Å². The summed E-state index contributed by atoms with van der Waals surface area (Å²) in [5.41, 5.74) is 4.34. The van der Waals surface area contributed by atoms with Crippen molar-refractivity contribution in [3.05, 3.63) is 0 Å². The molecular weight excluding hydrogens is 285 g/mol. The fourth-order valence-electron chi connectivity index (χ4n) is 1.15. The van der Waals surface area contributed by atoms with Gasteiger partial charge in [0.25, 0.3) is 10.5 Å². The summed E-state index contributed by atoms with van der Waals surface area (Å²) in [6, 6.07) is 0. The number of carbonyl (C=O) groups is 2. The van der Waals surface area contributed by atoms with Gasteiger partial charge >= 0.3 is 29.6 Å². The van der Waals surface area contributed by atoms with Crippen LogP contribution in [0.5, 0.6) is 0 Å². The van der Waals surface area contributed by atoms with Gasteiger partial charge in [0.2, 0.25) is 0 Å². The van der Waals surface area contributed by atoms with Crippen LogP contribution in [-0.4, -0.2) is 54.8 Å². The van der Waals surface area contributed by atoms with Gasteiger partial charge in [-0.3, -0.25) is 14.5 Å². The van der Waals surface area contributed by atoms with Gasteiger partial charge in [-0.15, -0.1) is 0 Å². The standard InChI is InChI=1S/C7H14N2O2S.CH3NOS.CH4.Na.H/c10-7(12)8-1-2-9-3-5-11-6-4-9;2-1(3)4;;;/h1-6H2,(H2,8,10,12);(H3,2,3,4);1H4;;/q;;;+1;-1. The number of hydrogen-bond donors (Lipinski definition) is 4. The molecule has 0 aromatic heterocycles. The molecule has 9 heteroatoms. The van der Waals surface area contributed by atoms with E-state index < -0.39 is 5.24 Å². The fraction of sp³-hybridized carbons (Fsp3) is 0.778. The number of amides is 2. The number of ether oxygens (including phenoxy) is 1. The van der Waals surface area contributed by atoms with Gasteiger partial charge in [-0.2, -0.15) is 0 Å². The van der Waals surface area contributed by atoms with Crippen molar-refractivity contribution in [3.8, 4) is 0 Å². The van der Waals surface area contributed by atoms with Gasteiger partial charge in [-0.25, -0.2) is 0 Å². The quantitative estimate of drug-likeness (QED) is 0.349. The van der Waals surface area contributed by atoms with Crippen molar-refractivity contribution in [1.82, 2.24) is 10.2 Å². The van der Waals surface area contributed by atoms with Crippen LogP contribution in [0.15, 0.2) is 0 Å². The second-order valence-electron chi connectivity index (χ2n) is 3.02. The molecule has 0 aromatic carbocycles. The van der Waals surface area contributed by atoms with Gasteiger partial charge in [-0.05, 0) is 0 Å². The van der Waals surface area contributed by atoms with Crippen molar-refractivity contribution in [3.63, 3.8) is 0 Å². The van der Waals surface area contributed by atoms with Gasteiger partial charge in [0.05, 0.1) is 13.2 Å². The first-order valence-electron chi connectivity index (χ1n) is 4.77. The minimum Gasteiger partial charge on any atom is -1.00 e. The average Bonchev–Trinajstić information content (AvgIpc) is 2.18. The Balaban J connectivity index is -0.000000144. The predicted molar refractivity (Wildman–Crippen MR) is 76.1 cm³/mol. The maximum Gasteiger partial charge on any atom is 1.00 e. The predicted octanol–water partition coefficient (Wildman–Crippen LogP) is -2.29. The van der Waals surface area contributed by atoms with E-state index in [1.165, 1.54) is 0 Å². The second kappa shape index (κ2) is 15.6. The van der Waals surface area contributed by atoms with Gasteiger partial charge < -0.3 is 17.2 Å². The van der Waals surface area contributed by atoms with Crippen molar-refractivity contribution in [2.75, 3.05) is 39.4 Å². The smallest absolute Gasteiger partial charge is 1.00 e. The molecule has 0 aliphatic carbocycles. The molecule has 1 heterocycles. The first-order chi connectivity index (χ1) is 7.52. The Bertz CT molecular complexity index is 231. The number of nitrogens with one attached hydrogen (secondary N) is 1. The summed E-state index contributed by atoms with van der Waals surface area (Å²) in [7, 11) is 0. The van der Waals surface area contributed by atoms with Crippen LogP contribution >= 0.6 is 25.3 Å². The molecular formula is C9H22N3NaO3S2. The first-order valence-corrected chi connectivity index (χ1v) is 5.67. The third-order valence-corrected chi connectivity index (χ3v) is 1.97. The molecule has 1 aliphatic rings. The van der Waals surface area contributed by atoms with Crippen LogP contribution in [0.4, 0.5) is 9.59 Å². The Hall–Kier alpha value is 0.560. The Labute approximate surface area is 143 Å². The van der Waals surface area contributed by atoms with E-state index in [9.17, 15) is 4.79 Å². The van der Waals surface area contributed by atoms with E-state index in [2.05, 4.69) is 41.2 Å². The van der Waals surface area contributed by atoms with E-state index in [1.807, 2.05) is 0 Å². The number of nitrogens with zero attached hydrogens (tertiary/aromatic N) is 1.